The Morgan fingerprint density at radius 3 is 1.84 bits per heavy atom. The molecule has 212 valence electrons. The van der Waals surface area contributed by atoms with Gasteiger partial charge in [-0.15, -0.1) is 0 Å². The van der Waals surface area contributed by atoms with Crippen molar-refractivity contribution < 1.29 is 24.0 Å². The van der Waals surface area contributed by atoms with Gasteiger partial charge >= 0.3 is 0 Å². The first-order valence-electron chi connectivity index (χ1n) is 14.2. The van der Waals surface area contributed by atoms with E-state index in [1.165, 1.54) is 54.6 Å². The van der Waals surface area contributed by atoms with Crippen LogP contribution in [0.2, 0.25) is 0 Å². The molecule has 4 amide bonds. The van der Waals surface area contributed by atoms with Crippen molar-refractivity contribution in [2.45, 2.75) is 38.0 Å². The number of carbonyl (C=O) groups excluding carboxylic acids is 5. The van der Waals surface area contributed by atoms with Gasteiger partial charge in [0.25, 0.3) is 23.6 Å². The summed E-state index contributed by atoms with van der Waals surface area (Å²) in [4.78, 5) is 67.1. The van der Waals surface area contributed by atoms with Gasteiger partial charge in [-0.05, 0) is 70.3 Å². The van der Waals surface area contributed by atoms with Crippen LogP contribution in [0.15, 0.2) is 84.9 Å². The lowest BCUT2D eigenvalue weighted by Gasteiger charge is -2.31. The van der Waals surface area contributed by atoms with Crippen LogP contribution < -0.4 is 4.90 Å². The SMILES string of the molecule is CC1c2ccccc2C(C)(C)C1c1ccc(N2C(=O)c3ccc(C(=O)c4ccc5c(c4)C(=O)N(C)C5=O)cc3C2=O)cc1. The highest BCUT2D eigenvalue weighted by molar-refractivity contribution is 6.35. The number of fused-ring (bicyclic) bond motifs is 3. The number of imide groups is 2. The summed E-state index contributed by atoms with van der Waals surface area (Å²) in [7, 11) is 1.39. The van der Waals surface area contributed by atoms with E-state index in [1.54, 1.807) is 0 Å². The topological polar surface area (TPSA) is 91.8 Å². The van der Waals surface area contributed by atoms with Gasteiger partial charge in [0, 0.05) is 18.2 Å². The second-order valence-corrected chi connectivity index (χ2v) is 12.1. The van der Waals surface area contributed by atoms with Gasteiger partial charge in [0.05, 0.1) is 27.9 Å². The predicted octanol–water partition coefficient (Wildman–Crippen LogP) is 6.12. The molecule has 2 atom stereocenters. The van der Waals surface area contributed by atoms with Crippen molar-refractivity contribution in [2.75, 3.05) is 11.9 Å². The third-order valence-electron chi connectivity index (χ3n) is 9.43. The summed E-state index contributed by atoms with van der Waals surface area (Å²) in [6.07, 6.45) is 0. The quantitative estimate of drug-likeness (QED) is 0.218. The molecular formula is C36H28N2O5. The number of ketones is 1. The summed E-state index contributed by atoms with van der Waals surface area (Å²) in [6, 6.07) is 25.0. The largest absolute Gasteiger partial charge is 0.289 e. The molecule has 43 heavy (non-hydrogen) atoms. The van der Waals surface area contributed by atoms with Gasteiger partial charge in [-0.2, -0.15) is 0 Å². The standard InChI is InChI=1S/C36H28N2O5/c1-19-24-7-5-6-8-29(24)36(2,3)30(19)20-9-13-23(14-10-20)38-34(42)26-16-12-22(18-28(26)35(38)43)31(39)21-11-15-25-27(17-21)33(41)37(4)32(25)40/h5-19,30H,1-4H3. The van der Waals surface area contributed by atoms with E-state index >= 15 is 0 Å². The molecule has 2 heterocycles. The Kier molecular flexibility index (Phi) is 5.69. The molecule has 7 nitrogen and oxygen atoms in total. The van der Waals surface area contributed by atoms with Crippen molar-refractivity contribution >= 4 is 35.1 Å². The minimum absolute atomic E-state index is 0.0758. The fourth-order valence-electron chi connectivity index (χ4n) is 7.27. The molecule has 3 aliphatic rings. The average Bonchev–Trinajstić information content (AvgIpc) is 3.49. The van der Waals surface area contributed by atoms with E-state index in [0.29, 0.717) is 11.6 Å². The normalized spacial score (nSPS) is 20.0. The average molecular weight is 569 g/mol. The summed E-state index contributed by atoms with van der Waals surface area (Å²) in [6.45, 7) is 6.76. The van der Waals surface area contributed by atoms with Crippen LogP contribution in [-0.2, 0) is 5.41 Å². The van der Waals surface area contributed by atoms with E-state index in [1.807, 2.05) is 24.3 Å². The van der Waals surface area contributed by atoms with Gasteiger partial charge in [-0.1, -0.05) is 69.3 Å². The van der Waals surface area contributed by atoms with Crippen LogP contribution in [0.5, 0.6) is 0 Å². The summed E-state index contributed by atoms with van der Waals surface area (Å²) >= 11 is 0. The molecule has 2 aliphatic heterocycles. The molecule has 0 radical (unpaired) electrons. The van der Waals surface area contributed by atoms with Crippen molar-refractivity contribution in [3.8, 4) is 0 Å². The third kappa shape index (κ3) is 3.70. The molecule has 7 rings (SSSR count). The minimum atomic E-state index is -0.499. The Morgan fingerprint density at radius 2 is 1.21 bits per heavy atom. The van der Waals surface area contributed by atoms with Crippen molar-refractivity contribution in [2.24, 2.45) is 0 Å². The second-order valence-electron chi connectivity index (χ2n) is 12.1. The predicted molar refractivity (Wildman–Crippen MR) is 161 cm³/mol. The maximum atomic E-state index is 13.5. The van der Waals surface area contributed by atoms with Gasteiger partial charge in [0.15, 0.2) is 5.78 Å². The fraction of sp³-hybridized carbons (Fsp3) is 0.194. The highest BCUT2D eigenvalue weighted by atomic mass is 16.2. The zero-order chi connectivity index (χ0) is 30.4. The molecule has 2 unspecified atom stereocenters. The lowest BCUT2D eigenvalue weighted by Crippen LogP contribution is -2.29. The Hall–Kier alpha value is -5.17. The molecule has 4 aromatic carbocycles. The fourth-order valence-corrected chi connectivity index (χ4v) is 7.27. The Bertz CT molecular complexity index is 1940. The van der Waals surface area contributed by atoms with Crippen LogP contribution in [0.4, 0.5) is 5.69 Å². The molecular weight excluding hydrogens is 540 g/mol. The lowest BCUT2D eigenvalue weighted by molar-refractivity contribution is 0.0692. The summed E-state index contributed by atoms with van der Waals surface area (Å²) in [5.74, 6) is -1.70. The highest BCUT2D eigenvalue weighted by Gasteiger charge is 2.45. The number of hydrogen-bond donors (Lipinski definition) is 0. The maximum Gasteiger partial charge on any atom is 0.266 e. The van der Waals surface area contributed by atoms with Crippen LogP contribution in [0.1, 0.15) is 107 Å². The number of hydrogen-bond acceptors (Lipinski definition) is 5. The van der Waals surface area contributed by atoms with Crippen LogP contribution in [-0.4, -0.2) is 41.4 Å². The minimum Gasteiger partial charge on any atom is -0.289 e. The summed E-state index contributed by atoms with van der Waals surface area (Å²) in [5.41, 5.74) is 5.43. The Balaban J connectivity index is 1.16. The summed E-state index contributed by atoms with van der Waals surface area (Å²) < 4.78 is 0. The zero-order valence-corrected chi connectivity index (χ0v) is 24.2. The molecule has 0 saturated carbocycles. The second kappa shape index (κ2) is 9.16. The van der Waals surface area contributed by atoms with Crippen molar-refractivity contribution in [1.82, 2.24) is 4.90 Å². The molecule has 0 fully saturated rings. The first kappa shape index (κ1) is 26.7. The summed E-state index contributed by atoms with van der Waals surface area (Å²) in [5, 5.41) is 0. The van der Waals surface area contributed by atoms with Crippen molar-refractivity contribution in [1.29, 1.82) is 0 Å². The number of carbonyl (C=O) groups is 5. The Labute approximate surface area is 248 Å². The lowest BCUT2D eigenvalue weighted by atomic mass is 9.72. The maximum absolute atomic E-state index is 13.5. The molecule has 0 aromatic heterocycles. The number of amides is 4. The monoisotopic (exact) mass is 568 g/mol. The molecule has 7 heteroatoms. The van der Waals surface area contributed by atoms with Gasteiger partial charge in [-0.3, -0.25) is 28.9 Å². The molecule has 0 N–H and O–H groups in total. The van der Waals surface area contributed by atoms with Crippen LogP contribution in [0.3, 0.4) is 0 Å². The molecule has 0 saturated heterocycles. The van der Waals surface area contributed by atoms with Gasteiger partial charge in [-0.25, -0.2) is 4.90 Å². The Morgan fingerprint density at radius 1 is 0.674 bits per heavy atom. The molecule has 1 aliphatic carbocycles. The first-order chi connectivity index (χ1) is 20.5. The van der Waals surface area contributed by atoms with E-state index < -0.39 is 29.4 Å². The van der Waals surface area contributed by atoms with Crippen LogP contribution >= 0.6 is 0 Å². The number of anilines is 1. The van der Waals surface area contributed by atoms with E-state index in [4.69, 9.17) is 0 Å². The van der Waals surface area contributed by atoms with E-state index in [2.05, 4.69) is 45.0 Å². The van der Waals surface area contributed by atoms with E-state index in [0.717, 1.165) is 15.4 Å². The van der Waals surface area contributed by atoms with Crippen molar-refractivity contribution in [3.63, 3.8) is 0 Å². The number of benzene rings is 4. The molecule has 0 spiro atoms. The molecule has 4 aromatic rings. The smallest absolute Gasteiger partial charge is 0.266 e. The van der Waals surface area contributed by atoms with Crippen LogP contribution in [0.25, 0.3) is 0 Å². The van der Waals surface area contributed by atoms with E-state index in [-0.39, 0.29) is 44.7 Å². The van der Waals surface area contributed by atoms with Crippen molar-refractivity contribution in [3.05, 3.63) is 135 Å². The number of rotatable bonds is 4. The molecule has 0 bridgehead atoms. The number of nitrogens with zero attached hydrogens (tertiary/aromatic N) is 2. The highest BCUT2D eigenvalue weighted by Crippen LogP contribution is 2.55. The van der Waals surface area contributed by atoms with E-state index in [9.17, 15) is 24.0 Å². The van der Waals surface area contributed by atoms with Gasteiger partial charge in [0.2, 0.25) is 0 Å². The third-order valence-corrected chi connectivity index (χ3v) is 9.43. The first-order valence-corrected chi connectivity index (χ1v) is 14.2. The van der Waals surface area contributed by atoms with Gasteiger partial charge < -0.3 is 0 Å². The zero-order valence-electron chi connectivity index (χ0n) is 24.2. The van der Waals surface area contributed by atoms with Gasteiger partial charge in [0.1, 0.15) is 0 Å². The van der Waals surface area contributed by atoms with Crippen LogP contribution in [0, 0.1) is 0 Å².